The van der Waals surface area contributed by atoms with Gasteiger partial charge >= 0.3 is 0 Å². The first-order chi connectivity index (χ1) is 19.1. The van der Waals surface area contributed by atoms with Crippen LogP contribution >= 0.6 is 24.0 Å². The molecule has 0 atom stereocenters. The Morgan fingerprint density at radius 3 is 2.26 bits per heavy atom. The van der Waals surface area contributed by atoms with Crippen LogP contribution < -0.4 is 19.1 Å². The molecule has 0 unspecified atom stereocenters. The summed E-state index contributed by atoms with van der Waals surface area (Å²) in [5.41, 5.74) is 3.02. The zero-order valence-electron chi connectivity index (χ0n) is 22.1. The topological polar surface area (TPSA) is 48.0 Å². The van der Waals surface area contributed by atoms with Crippen LogP contribution in [0.15, 0.2) is 77.7 Å². The highest BCUT2D eigenvalue weighted by atomic mass is 32.2. The van der Waals surface area contributed by atoms with E-state index in [9.17, 15) is 4.79 Å². The summed E-state index contributed by atoms with van der Waals surface area (Å²) in [7, 11) is 0. The third kappa shape index (κ3) is 7.02. The fourth-order valence-corrected chi connectivity index (χ4v) is 6.28. The number of thioether (sulfide) groups is 1. The van der Waals surface area contributed by atoms with Crippen molar-refractivity contribution in [1.82, 2.24) is 0 Å². The summed E-state index contributed by atoms with van der Waals surface area (Å²) < 4.78 is 17.8. The standard InChI is InChI=1S/C32H33NO4S2/c1-2-35-27-17-13-26(14-18-27)33-31(34)30(39-32(33)38)22-23-7-6-10-29(21-23)37-20-19-36-28-15-11-25(12-16-28)24-8-4-3-5-9-24/h6-7,10-18,21-22,24H,2-5,8-9,19-20H2,1H3/b30-22-. The van der Waals surface area contributed by atoms with Crippen LogP contribution in [0.3, 0.4) is 0 Å². The van der Waals surface area contributed by atoms with Crippen molar-refractivity contribution in [3.8, 4) is 17.2 Å². The molecule has 1 saturated carbocycles. The molecule has 7 heteroatoms. The number of ether oxygens (including phenoxy) is 3. The smallest absolute Gasteiger partial charge is 0.270 e. The van der Waals surface area contributed by atoms with E-state index in [1.54, 1.807) is 4.90 Å². The minimum atomic E-state index is -0.136. The van der Waals surface area contributed by atoms with Gasteiger partial charge in [-0.05, 0) is 91.4 Å². The van der Waals surface area contributed by atoms with Gasteiger partial charge in [0, 0.05) is 0 Å². The molecule has 0 aromatic heterocycles. The van der Waals surface area contributed by atoms with Crippen LogP contribution in [-0.4, -0.2) is 30.0 Å². The zero-order valence-corrected chi connectivity index (χ0v) is 23.8. The summed E-state index contributed by atoms with van der Waals surface area (Å²) in [5, 5.41) is 0. The van der Waals surface area contributed by atoms with E-state index in [1.165, 1.54) is 49.4 Å². The molecule has 1 saturated heterocycles. The maximum Gasteiger partial charge on any atom is 0.270 e. The van der Waals surface area contributed by atoms with Crippen molar-refractivity contribution in [2.24, 2.45) is 0 Å². The maximum absolute atomic E-state index is 13.1. The van der Waals surface area contributed by atoms with Crippen LogP contribution in [0.25, 0.3) is 6.08 Å². The quantitative estimate of drug-likeness (QED) is 0.143. The van der Waals surface area contributed by atoms with E-state index < -0.39 is 0 Å². The third-order valence-corrected chi connectivity index (χ3v) is 8.24. The molecule has 2 fully saturated rings. The van der Waals surface area contributed by atoms with Crippen molar-refractivity contribution < 1.29 is 19.0 Å². The normalized spacial score (nSPS) is 17.1. The Morgan fingerprint density at radius 2 is 1.54 bits per heavy atom. The fraction of sp³-hybridized carbons (Fsp3) is 0.312. The lowest BCUT2D eigenvalue weighted by Crippen LogP contribution is -2.27. The van der Waals surface area contributed by atoms with Gasteiger partial charge < -0.3 is 14.2 Å². The van der Waals surface area contributed by atoms with Gasteiger partial charge in [-0.25, -0.2) is 0 Å². The largest absolute Gasteiger partial charge is 0.494 e. The molecule has 0 bridgehead atoms. The second-order valence-corrected chi connectivity index (χ2v) is 11.3. The molecule has 1 aliphatic heterocycles. The van der Waals surface area contributed by atoms with Crippen LogP contribution in [0, 0.1) is 0 Å². The monoisotopic (exact) mass is 559 g/mol. The van der Waals surface area contributed by atoms with Crippen LogP contribution in [0.4, 0.5) is 5.69 Å². The zero-order chi connectivity index (χ0) is 27.0. The van der Waals surface area contributed by atoms with Gasteiger partial charge in [-0.1, -0.05) is 67.5 Å². The number of benzene rings is 3. The molecular weight excluding hydrogens is 526 g/mol. The molecule has 2 aliphatic rings. The number of anilines is 1. The minimum absolute atomic E-state index is 0.136. The molecular formula is C32H33NO4S2. The molecule has 202 valence electrons. The first-order valence-corrected chi connectivity index (χ1v) is 14.8. The highest BCUT2D eigenvalue weighted by Gasteiger charge is 2.33. The number of hydrogen-bond donors (Lipinski definition) is 0. The average Bonchev–Trinajstić information content (AvgIpc) is 3.25. The van der Waals surface area contributed by atoms with Gasteiger partial charge in [-0.2, -0.15) is 0 Å². The summed E-state index contributed by atoms with van der Waals surface area (Å²) in [6.07, 6.45) is 8.49. The Bertz CT molecular complexity index is 1310. The molecule has 5 nitrogen and oxygen atoms in total. The van der Waals surface area contributed by atoms with Crippen molar-refractivity contribution in [3.05, 3.63) is 88.8 Å². The summed E-state index contributed by atoms with van der Waals surface area (Å²) in [5.74, 6) is 2.91. The highest BCUT2D eigenvalue weighted by molar-refractivity contribution is 8.27. The predicted molar refractivity (Wildman–Crippen MR) is 163 cm³/mol. The minimum Gasteiger partial charge on any atom is -0.494 e. The second-order valence-electron chi connectivity index (χ2n) is 9.62. The number of nitrogens with zero attached hydrogens (tertiary/aromatic N) is 1. The van der Waals surface area contributed by atoms with E-state index in [1.807, 2.05) is 61.5 Å². The van der Waals surface area contributed by atoms with Gasteiger partial charge in [0.25, 0.3) is 5.91 Å². The molecule has 1 amide bonds. The molecule has 1 aliphatic carbocycles. The number of carbonyl (C=O) groups excluding carboxylic acids is 1. The predicted octanol–water partition coefficient (Wildman–Crippen LogP) is 8.00. The molecule has 1 heterocycles. The molecule has 39 heavy (non-hydrogen) atoms. The van der Waals surface area contributed by atoms with Gasteiger partial charge in [-0.3, -0.25) is 9.69 Å². The third-order valence-electron chi connectivity index (χ3n) is 6.93. The molecule has 5 rings (SSSR count). The van der Waals surface area contributed by atoms with Crippen molar-refractivity contribution in [2.75, 3.05) is 24.7 Å². The Morgan fingerprint density at radius 1 is 0.872 bits per heavy atom. The lowest BCUT2D eigenvalue weighted by Gasteiger charge is -2.22. The number of carbonyl (C=O) groups is 1. The van der Waals surface area contributed by atoms with Gasteiger partial charge in [-0.15, -0.1) is 0 Å². The Balaban J connectivity index is 1.14. The molecule has 0 N–H and O–H groups in total. The van der Waals surface area contributed by atoms with Crippen LogP contribution in [-0.2, 0) is 4.79 Å². The van der Waals surface area contributed by atoms with E-state index in [2.05, 4.69) is 24.3 Å². The average molecular weight is 560 g/mol. The van der Waals surface area contributed by atoms with Crippen molar-refractivity contribution in [1.29, 1.82) is 0 Å². The van der Waals surface area contributed by atoms with E-state index >= 15 is 0 Å². The number of thiocarbonyl (C=S) groups is 1. The highest BCUT2D eigenvalue weighted by Crippen LogP contribution is 2.37. The Kier molecular flexibility index (Phi) is 9.22. The van der Waals surface area contributed by atoms with Crippen LogP contribution in [0.5, 0.6) is 17.2 Å². The fourth-order valence-electron chi connectivity index (χ4n) is 4.99. The number of rotatable bonds is 10. The molecule has 3 aromatic rings. The first kappa shape index (κ1) is 27.3. The maximum atomic E-state index is 13.1. The number of hydrogen-bond acceptors (Lipinski definition) is 6. The van der Waals surface area contributed by atoms with Crippen molar-refractivity contribution in [3.63, 3.8) is 0 Å². The van der Waals surface area contributed by atoms with Crippen LogP contribution in [0.1, 0.15) is 56.1 Å². The number of amides is 1. The molecule has 3 aromatic carbocycles. The van der Waals surface area contributed by atoms with Gasteiger partial charge in [0.15, 0.2) is 4.32 Å². The van der Waals surface area contributed by atoms with Crippen molar-refractivity contribution >= 4 is 46.0 Å². The van der Waals surface area contributed by atoms with E-state index in [-0.39, 0.29) is 5.91 Å². The Labute approximate surface area is 240 Å². The van der Waals surface area contributed by atoms with Gasteiger partial charge in [0.1, 0.15) is 30.5 Å². The first-order valence-electron chi connectivity index (χ1n) is 13.6. The summed E-state index contributed by atoms with van der Waals surface area (Å²) in [4.78, 5) is 15.3. The summed E-state index contributed by atoms with van der Waals surface area (Å²) in [6.45, 7) is 3.40. The lowest BCUT2D eigenvalue weighted by molar-refractivity contribution is -0.113. The summed E-state index contributed by atoms with van der Waals surface area (Å²) in [6, 6.07) is 23.6. The van der Waals surface area contributed by atoms with Gasteiger partial charge in [0.05, 0.1) is 17.2 Å². The molecule has 0 radical (unpaired) electrons. The molecule has 0 spiro atoms. The van der Waals surface area contributed by atoms with Gasteiger partial charge in [0.2, 0.25) is 0 Å². The lowest BCUT2D eigenvalue weighted by atomic mass is 9.84. The van der Waals surface area contributed by atoms with Crippen molar-refractivity contribution in [2.45, 2.75) is 44.9 Å². The SMILES string of the molecule is CCOc1ccc(N2C(=O)/C(=C/c3cccc(OCCOc4ccc(C5CCCCC5)cc4)c3)SC2=S)cc1. The van der Waals surface area contributed by atoms with Crippen LogP contribution in [0.2, 0.25) is 0 Å². The van der Waals surface area contributed by atoms with E-state index in [4.69, 9.17) is 26.4 Å². The second kappa shape index (κ2) is 13.2. The Hall–Kier alpha value is -3.29. The summed E-state index contributed by atoms with van der Waals surface area (Å²) >= 11 is 6.81. The van der Waals surface area contributed by atoms with E-state index in [0.717, 1.165) is 28.5 Å². The van der Waals surface area contributed by atoms with E-state index in [0.29, 0.717) is 35.0 Å².